The summed E-state index contributed by atoms with van der Waals surface area (Å²) >= 11 is 0. The molecular weight excluding hydrogens is 306 g/mol. The summed E-state index contributed by atoms with van der Waals surface area (Å²) in [6, 6.07) is 23.1. The van der Waals surface area contributed by atoms with Crippen LogP contribution >= 0.6 is 0 Å². The van der Waals surface area contributed by atoms with Crippen LogP contribution in [-0.2, 0) is 0 Å². The number of ether oxygens (including phenoxy) is 1. The highest BCUT2D eigenvalue weighted by molar-refractivity contribution is 5.79. The standard InChI is InChI=1S/C23H23NO/c1-5-19-7-9-20(10-8-19)24(21-11-13-22(25-4)14-12-21)23-15-6-17(2)16-18(23)3/h5-16H,1H2,2-4H3. The van der Waals surface area contributed by atoms with Gasteiger partial charge in [-0.1, -0.05) is 42.5 Å². The maximum atomic E-state index is 5.30. The van der Waals surface area contributed by atoms with Gasteiger partial charge in [-0.05, 0) is 67.4 Å². The van der Waals surface area contributed by atoms with Crippen molar-refractivity contribution in [1.29, 1.82) is 0 Å². The molecule has 0 saturated carbocycles. The molecule has 0 spiro atoms. The van der Waals surface area contributed by atoms with Crippen molar-refractivity contribution in [3.63, 3.8) is 0 Å². The summed E-state index contributed by atoms with van der Waals surface area (Å²) in [5.41, 5.74) is 6.99. The van der Waals surface area contributed by atoms with Gasteiger partial charge >= 0.3 is 0 Å². The Bertz CT molecular complexity index is 864. The third-order valence-corrected chi connectivity index (χ3v) is 4.31. The lowest BCUT2D eigenvalue weighted by Gasteiger charge is -2.27. The van der Waals surface area contributed by atoms with Gasteiger partial charge in [0.2, 0.25) is 0 Å². The molecule has 0 fully saturated rings. The minimum absolute atomic E-state index is 0.853. The van der Waals surface area contributed by atoms with Gasteiger partial charge in [0.25, 0.3) is 0 Å². The second-order valence-electron chi connectivity index (χ2n) is 6.12. The molecule has 126 valence electrons. The largest absolute Gasteiger partial charge is 0.497 e. The highest BCUT2D eigenvalue weighted by Crippen LogP contribution is 2.37. The van der Waals surface area contributed by atoms with Crippen molar-refractivity contribution < 1.29 is 4.74 Å². The second-order valence-corrected chi connectivity index (χ2v) is 6.12. The summed E-state index contributed by atoms with van der Waals surface area (Å²) in [7, 11) is 1.69. The molecule has 0 amide bonds. The van der Waals surface area contributed by atoms with Gasteiger partial charge in [-0.25, -0.2) is 0 Å². The van der Waals surface area contributed by atoms with Crippen LogP contribution in [0.1, 0.15) is 16.7 Å². The topological polar surface area (TPSA) is 12.5 Å². The van der Waals surface area contributed by atoms with Crippen LogP contribution in [0.4, 0.5) is 17.1 Å². The van der Waals surface area contributed by atoms with Crippen molar-refractivity contribution in [3.8, 4) is 5.75 Å². The van der Waals surface area contributed by atoms with E-state index in [0.29, 0.717) is 0 Å². The fourth-order valence-electron chi connectivity index (χ4n) is 2.97. The molecule has 0 bridgehead atoms. The number of hydrogen-bond acceptors (Lipinski definition) is 2. The Balaban J connectivity index is 2.13. The molecule has 3 rings (SSSR count). The maximum Gasteiger partial charge on any atom is 0.119 e. The van der Waals surface area contributed by atoms with Crippen molar-refractivity contribution in [2.24, 2.45) is 0 Å². The van der Waals surface area contributed by atoms with Gasteiger partial charge < -0.3 is 9.64 Å². The number of rotatable bonds is 5. The molecule has 0 atom stereocenters. The third kappa shape index (κ3) is 3.58. The molecule has 0 radical (unpaired) electrons. The molecule has 0 saturated heterocycles. The van der Waals surface area contributed by atoms with E-state index in [2.05, 4.69) is 79.9 Å². The van der Waals surface area contributed by atoms with Gasteiger partial charge in [0, 0.05) is 17.1 Å². The molecule has 2 nitrogen and oxygen atoms in total. The molecule has 3 aromatic rings. The minimum atomic E-state index is 0.853. The smallest absolute Gasteiger partial charge is 0.119 e. The Morgan fingerprint density at radius 1 is 0.840 bits per heavy atom. The Labute approximate surface area is 150 Å². The number of hydrogen-bond donors (Lipinski definition) is 0. The molecule has 2 heteroatoms. The van der Waals surface area contributed by atoms with E-state index in [1.165, 1.54) is 16.8 Å². The van der Waals surface area contributed by atoms with Crippen LogP contribution in [0.25, 0.3) is 6.08 Å². The fraction of sp³-hybridized carbons (Fsp3) is 0.130. The van der Waals surface area contributed by atoms with Gasteiger partial charge in [0.1, 0.15) is 5.75 Å². The highest BCUT2D eigenvalue weighted by atomic mass is 16.5. The van der Waals surface area contributed by atoms with E-state index in [9.17, 15) is 0 Å². The van der Waals surface area contributed by atoms with Crippen LogP contribution in [-0.4, -0.2) is 7.11 Å². The Morgan fingerprint density at radius 2 is 1.44 bits per heavy atom. The van der Waals surface area contributed by atoms with E-state index < -0.39 is 0 Å². The molecule has 0 aliphatic heterocycles. The predicted molar refractivity (Wildman–Crippen MR) is 107 cm³/mol. The van der Waals surface area contributed by atoms with Crippen molar-refractivity contribution in [2.45, 2.75) is 13.8 Å². The quantitative estimate of drug-likeness (QED) is 0.535. The third-order valence-electron chi connectivity index (χ3n) is 4.31. The molecule has 3 aromatic carbocycles. The molecule has 0 N–H and O–H groups in total. The molecule has 0 aliphatic carbocycles. The maximum absolute atomic E-state index is 5.30. The molecule has 0 unspecified atom stereocenters. The lowest BCUT2D eigenvalue weighted by atomic mass is 10.1. The van der Waals surface area contributed by atoms with Crippen LogP contribution in [0.15, 0.2) is 73.3 Å². The van der Waals surface area contributed by atoms with Gasteiger partial charge in [-0.2, -0.15) is 0 Å². The normalized spacial score (nSPS) is 10.4. The minimum Gasteiger partial charge on any atom is -0.497 e. The lowest BCUT2D eigenvalue weighted by molar-refractivity contribution is 0.415. The van der Waals surface area contributed by atoms with Crippen molar-refractivity contribution in [3.05, 3.63) is 90.0 Å². The van der Waals surface area contributed by atoms with Crippen LogP contribution in [0.3, 0.4) is 0 Å². The average molecular weight is 329 g/mol. The van der Waals surface area contributed by atoms with E-state index in [0.717, 1.165) is 22.7 Å². The van der Waals surface area contributed by atoms with Crippen LogP contribution in [0.5, 0.6) is 5.75 Å². The van der Waals surface area contributed by atoms with E-state index in [-0.39, 0.29) is 0 Å². The summed E-state index contributed by atoms with van der Waals surface area (Å²) in [5.74, 6) is 0.853. The molecule has 0 aromatic heterocycles. The average Bonchev–Trinajstić information content (AvgIpc) is 2.65. The number of methoxy groups -OCH3 is 1. The summed E-state index contributed by atoms with van der Waals surface area (Å²) in [4.78, 5) is 2.26. The first-order chi connectivity index (χ1) is 12.1. The van der Waals surface area contributed by atoms with Crippen molar-refractivity contribution >= 4 is 23.1 Å². The SMILES string of the molecule is C=Cc1ccc(N(c2ccc(OC)cc2)c2ccc(C)cc2C)cc1. The zero-order valence-corrected chi connectivity index (χ0v) is 15.0. The van der Waals surface area contributed by atoms with Crippen LogP contribution < -0.4 is 9.64 Å². The zero-order valence-electron chi connectivity index (χ0n) is 15.0. The summed E-state index contributed by atoms with van der Waals surface area (Å²) in [6.07, 6.45) is 1.86. The Hall–Kier alpha value is -3.00. The number of anilines is 3. The first kappa shape index (κ1) is 16.8. The highest BCUT2D eigenvalue weighted by Gasteiger charge is 2.14. The fourth-order valence-corrected chi connectivity index (χ4v) is 2.97. The van der Waals surface area contributed by atoms with E-state index in [1.54, 1.807) is 7.11 Å². The number of aryl methyl sites for hydroxylation is 2. The van der Waals surface area contributed by atoms with Gasteiger partial charge in [-0.3, -0.25) is 0 Å². The van der Waals surface area contributed by atoms with Crippen molar-refractivity contribution in [1.82, 2.24) is 0 Å². The first-order valence-electron chi connectivity index (χ1n) is 8.36. The zero-order chi connectivity index (χ0) is 17.8. The number of nitrogens with zero attached hydrogens (tertiary/aromatic N) is 1. The van der Waals surface area contributed by atoms with Gasteiger partial charge in [-0.15, -0.1) is 0 Å². The summed E-state index contributed by atoms with van der Waals surface area (Å²) < 4.78 is 5.30. The molecule has 25 heavy (non-hydrogen) atoms. The van der Waals surface area contributed by atoms with Crippen LogP contribution in [0, 0.1) is 13.8 Å². The van der Waals surface area contributed by atoms with E-state index in [4.69, 9.17) is 4.74 Å². The molecular formula is C23H23NO. The van der Waals surface area contributed by atoms with Crippen LogP contribution in [0.2, 0.25) is 0 Å². The Morgan fingerprint density at radius 3 is 1.96 bits per heavy atom. The van der Waals surface area contributed by atoms with Crippen molar-refractivity contribution in [2.75, 3.05) is 12.0 Å². The first-order valence-corrected chi connectivity index (χ1v) is 8.36. The summed E-state index contributed by atoms with van der Waals surface area (Å²) in [5, 5.41) is 0. The van der Waals surface area contributed by atoms with Gasteiger partial charge in [0.05, 0.1) is 7.11 Å². The molecule has 0 aliphatic rings. The molecule has 0 heterocycles. The Kier molecular flexibility index (Phi) is 4.90. The van der Waals surface area contributed by atoms with Gasteiger partial charge in [0.15, 0.2) is 0 Å². The number of benzene rings is 3. The second kappa shape index (κ2) is 7.27. The predicted octanol–water partition coefficient (Wildman–Crippen LogP) is 6.42. The van der Waals surface area contributed by atoms with E-state index >= 15 is 0 Å². The van der Waals surface area contributed by atoms with E-state index in [1.807, 2.05) is 18.2 Å². The lowest BCUT2D eigenvalue weighted by Crippen LogP contribution is -2.11. The monoisotopic (exact) mass is 329 g/mol. The summed E-state index contributed by atoms with van der Waals surface area (Å²) in [6.45, 7) is 8.11.